The summed E-state index contributed by atoms with van der Waals surface area (Å²) in [6.07, 6.45) is 5.83. The van der Waals surface area contributed by atoms with Gasteiger partial charge in [-0.05, 0) is 68.5 Å². The molecule has 1 N–H and O–H groups in total. The molecule has 0 amide bonds. The maximum absolute atomic E-state index is 11.6. The molecular formula is C20H28N2O2. The van der Waals surface area contributed by atoms with Crippen molar-refractivity contribution in [3.63, 3.8) is 0 Å². The average Bonchev–Trinajstić information content (AvgIpc) is 3.19. The van der Waals surface area contributed by atoms with Crippen LogP contribution in [-0.4, -0.2) is 40.2 Å². The molecule has 0 radical (unpaired) electrons. The average molecular weight is 328 g/mol. The van der Waals surface area contributed by atoms with Crippen molar-refractivity contribution in [1.29, 1.82) is 0 Å². The molecule has 130 valence electrons. The summed E-state index contributed by atoms with van der Waals surface area (Å²) in [5.41, 5.74) is 4.04. The van der Waals surface area contributed by atoms with Crippen LogP contribution in [-0.2, 0) is 13.0 Å². The number of aromatic nitrogens is 1. The van der Waals surface area contributed by atoms with E-state index < -0.39 is 5.97 Å². The summed E-state index contributed by atoms with van der Waals surface area (Å²) in [6, 6.07) is 3.72. The zero-order chi connectivity index (χ0) is 17.3. The van der Waals surface area contributed by atoms with Gasteiger partial charge in [0, 0.05) is 24.7 Å². The molecule has 1 saturated heterocycles. The molecule has 0 aliphatic carbocycles. The van der Waals surface area contributed by atoms with Crippen molar-refractivity contribution >= 4 is 16.9 Å². The van der Waals surface area contributed by atoms with Crippen LogP contribution in [0.4, 0.5) is 0 Å². The van der Waals surface area contributed by atoms with Crippen molar-refractivity contribution in [2.75, 3.05) is 19.6 Å². The zero-order valence-electron chi connectivity index (χ0n) is 15.0. The van der Waals surface area contributed by atoms with Crippen molar-refractivity contribution in [2.45, 2.75) is 52.5 Å². The van der Waals surface area contributed by atoms with E-state index in [0.29, 0.717) is 11.5 Å². The van der Waals surface area contributed by atoms with Gasteiger partial charge in [-0.25, -0.2) is 4.79 Å². The molecule has 4 heteroatoms. The van der Waals surface area contributed by atoms with Gasteiger partial charge in [0.1, 0.15) is 0 Å². The fourth-order valence-corrected chi connectivity index (χ4v) is 3.84. The highest BCUT2D eigenvalue weighted by Gasteiger charge is 2.19. The van der Waals surface area contributed by atoms with E-state index in [-0.39, 0.29) is 0 Å². The van der Waals surface area contributed by atoms with E-state index >= 15 is 0 Å². The van der Waals surface area contributed by atoms with Gasteiger partial charge >= 0.3 is 5.97 Å². The minimum absolute atomic E-state index is 0.304. The Morgan fingerprint density at radius 2 is 1.96 bits per heavy atom. The number of aromatic carboxylic acids is 1. The lowest BCUT2D eigenvalue weighted by molar-refractivity contribution is 0.0697. The fourth-order valence-electron chi connectivity index (χ4n) is 3.84. The van der Waals surface area contributed by atoms with E-state index in [1.165, 1.54) is 37.0 Å². The lowest BCUT2D eigenvalue weighted by Gasteiger charge is -2.14. The zero-order valence-corrected chi connectivity index (χ0v) is 15.0. The third-order valence-electron chi connectivity index (χ3n) is 5.19. The Morgan fingerprint density at radius 3 is 2.54 bits per heavy atom. The number of carboxylic acid groups (broad SMARTS) is 1. The van der Waals surface area contributed by atoms with E-state index in [1.54, 1.807) is 0 Å². The molecule has 0 bridgehead atoms. The number of hydrogen-bond acceptors (Lipinski definition) is 2. The van der Waals surface area contributed by atoms with Gasteiger partial charge in [-0.1, -0.05) is 13.8 Å². The van der Waals surface area contributed by atoms with Crippen LogP contribution < -0.4 is 0 Å². The highest BCUT2D eigenvalue weighted by molar-refractivity contribution is 5.97. The molecular weight excluding hydrogens is 300 g/mol. The second-order valence-electron chi connectivity index (χ2n) is 7.16. The number of likely N-dealkylation sites (tertiary alicyclic amines) is 1. The minimum Gasteiger partial charge on any atom is -0.478 e. The molecule has 3 rings (SSSR count). The third-order valence-corrected chi connectivity index (χ3v) is 5.19. The normalized spacial score (nSPS) is 15.7. The minimum atomic E-state index is -0.839. The van der Waals surface area contributed by atoms with Crippen LogP contribution in [0.3, 0.4) is 0 Å². The van der Waals surface area contributed by atoms with Crippen molar-refractivity contribution in [1.82, 2.24) is 9.47 Å². The number of nitrogens with zero attached hydrogens (tertiary/aromatic N) is 2. The molecule has 1 aromatic carbocycles. The van der Waals surface area contributed by atoms with Crippen LogP contribution in [0, 0.1) is 0 Å². The standard InChI is InChI=1S/C20H28N2O2/c1-4-22-13-15(7-10-21-8-5-6-9-21)18-12-16(20(23)24)11-17(14(2)3)19(18)22/h11-14H,4-10H2,1-3H3,(H,23,24). The third kappa shape index (κ3) is 3.20. The van der Waals surface area contributed by atoms with Crippen LogP contribution in [0.5, 0.6) is 0 Å². The first-order chi connectivity index (χ1) is 11.5. The largest absolute Gasteiger partial charge is 0.478 e. The van der Waals surface area contributed by atoms with Crippen LogP contribution in [0.2, 0.25) is 0 Å². The van der Waals surface area contributed by atoms with Crippen molar-refractivity contribution < 1.29 is 9.90 Å². The van der Waals surface area contributed by atoms with Gasteiger partial charge in [-0.3, -0.25) is 0 Å². The number of fused-ring (bicyclic) bond motifs is 1. The summed E-state index contributed by atoms with van der Waals surface area (Å²) in [4.78, 5) is 14.1. The SMILES string of the molecule is CCn1cc(CCN2CCCC2)c2cc(C(=O)O)cc(C(C)C)c21. The number of hydrogen-bond donors (Lipinski definition) is 1. The maximum atomic E-state index is 11.6. The molecule has 4 nitrogen and oxygen atoms in total. The predicted molar refractivity (Wildman–Crippen MR) is 98.0 cm³/mol. The Hall–Kier alpha value is -1.81. The Bertz CT molecular complexity index is 740. The molecule has 1 aliphatic rings. The summed E-state index contributed by atoms with van der Waals surface area (Å²) >= 11 is 0. The number of aryl methyl sites for hydroxylation is 1. The Kier molecular flexibility index (Phi) is 4.95. The van der Waals surface area contributed by atoms with Crippen LogP contribution in [0.1, 0.15) is 61.0 Å². The van der Waals surface area contributed by atoms with Crippen molar-refractivity contribution in [3.8, 4) is 0 Å². The molecule has 2 aromatic rings. The van der Waals surface area contributed by atoms with Crippen molar-refractivity contribution in [3.05, 3.63) is 35.0 Å². The number of carboxylic acids is 1. The highest BCUT2D eigenvalue weighted by atomic mass is 16.4. The number of rotatable bonds is 6. The summed E-state index contributed by atoms with van der Waals surface area (Å²) in [5, 5.41) is 10.6. The monoisotopic (exact) mass is 328 g/mol. The Balaban J connectivity index is 2.06. The van der Waals surface area contributed by atoms with Gasteiger partial charge in [-0.15, -0.1) is 0 Å². The predicted octanol–water partition coefficient (Wildman–Crippen LogP) is 4.12. The summed E-state index contributed by atoms with van der Waals surface area (Å²) in [5.74, 6) is -0.535. The molecule has 0 spiro atoms. The molecule has 0 saturated carbocycles. The van der Waals surface area contributed by atoms with Crippen molar-refractivity contribution in [2.24, 2.45) is 0 Å². The highest BCUT2D eigenvalue weighted by Crippen LogP contribution is 2.31. The Labute approximate surface area is 144 Å². The molecule has 1 aliphatic heterocycles. The van der Waals surface area contributed by atoms with E-state index in [1.807, 2.05) is 12.1 Å². The molecule has 1 fully saturated rings. The second-order valence-corrected chi connectivity index (χ2v) is 7.16. The molecule has 2 heterocycles. The second kappa shape index (κ2) is 6.98. The van der Waals surface area contributed by atoms with E-state index in [2.05, 4.69) is 36.4 Å². The van der Waals surface area contributed by atoms with E-state index in [9.17, 15) is 9.90 Å². The van der Waals surface area contributed by atoms with E-state index in [4.69, 9.17) is 0 Å². The van der Waals surface area contributed by atoms with E-state index in [0.717, 1.165) is 30.5 Å². The Morgan fingerprint density at radius 1 is 1.25 bits per heavy atom. The first kappa shape index (κ1) is 17.0. The molecule has 1 aromatic heterocycles. The molecule has 0 atom stereocenters. The maximum Gasteiger partial charge on any atom is 0.335 e. The number of benzene rings is 1. The molecule has 24 heavy (non-hydrogen) atoms. The summed E-state index contributed by atoms with van der Waals surface area (Å²) in [7, 11) is 0. The van der Waals surface area contributed by atoms with Gasteiger partial charge in [-0.2, -0.15) is 0 Å². The van der Waals surface area contributed by atoms with Gasteiger partial charge in [0.15, 0.2) is 0 Å². The lowest BCUT2D eigenvalue weighted by atomic mass is 9.96. The molecule has 0 unspecified atom stereocenters. The van der Waals surface area contributed by atoms with Crippen LogP contribution in [0.15, 0.2) is 18.3 Å². The van der Waals surface area contributed by atoms with Gasteiger partial charge in [0.2, 0.25) is 0 Å². The van der Waals surface area contributed by atoms with Gasteiger partial charge in [0.05, 0.1) is 11.1 Å². The van der Waals surface area contributed by atoms with Crippen LogP contribution >= 0.6 is 0 Å². The quantitative estimate of drug-likeness (QED) is 0.867. The number of carbonyl (C=O) groups is 1. The fraction of sp³-hybridized carbons (Fsp3) is 0.550. The summed E-state index contributed by atoms with van der Waals surface area (Å²) in [6.45, 7) is 10.8. The van der Waals surface area contributed by atoms with Gasteiger partial charge in [0.25, 0.3) is 0 Å². The lowest BCUT2D eigenvalue weighted by Crippen LogP contribution is -2.21. The first-order valence-corrected chi connectivity index (χ1v) is 9.12. The summed E-state index contributed by atoms with van der Waals surface area (Å²) < 4.78 is 2.29. The topological polar surface area (TPSA) is 45.5 Å². The first-order valence-electron chi connectivity index (χ1n) is 9.12. The van der Waals surface area contributed by atoms with Crippen LogP contribution in [0.25, 0.3) is 10.9 Å². The smallest absolute Gasteiger partial charge is 0.335 e. The van der Waals surface area contributed by atoms with Gasteiger partial charge < -0.3 is 14.6 Å².